The van der Waals surface area contributed by atoms with Crippen LogP contribution in [0.15, 0.2) is 48.2 Å². The first-order chi connectivity index (χ1) is 13.8. The maximum atomic E-state index is 12.9. The third-order valence-corrected chi connectivity index (χ3v) is 4.70. The fourth-order valence-corrected chi connectivity index (χ4v) is 3.21. The van der Waals surface area contributed by atoms with Crippen molar-refractivity contribution in [2.45, 2.75) is 26.4 Å². The Labute approximate surface area is 172 Å². The number of carbonyl (C=O) groups excluding carboxylic acids is 1. The van der Waals surface area contributed by atoms with Gasteiger partial charge in [0.05, 0.1) is 12.8 Å². The molecule has 0 bridgehead atoms. The minimum Gasteiger partial charge on any atom is -0.493 e. The lowest BCUT2D eigenvalue weighted by molar-refractivity contribution is -0.113. The van der Waals surface area contributed by atoms with Crippen LogP contribution >= 0.6 is 12.2 Å². The van der Waals surface area contributed by atoms with Gasteiger partial charge in [-0.3, -0.25) is 9.69 Å². The second-order valence-corrected chi connectivity index (χ2v) is 7.05. The van der Waals surface area contributed by atoms with Crippen LogP contribution in [0, 0.1) is 0 Å². The first kappa shape index (κ1) is 20.7. The molecule has 0 spiro atoms. The second kappa shape index (κ2) is 8.57. The molecule has 0 saturated carbocycles. The average molecular weight is 418 g/mol. The highest BCUT2D eigenvalue weighted by molar-refractivity contribution is 7.80. The van der Waals surface area contributed by atoms with E-state index in [9.17, 15) is 13.6 Å². The molecule has 1 saturated heterocycles. The van der Waals surface area contributed by atoms with Gasteiger partial charge in [0, 0.05) is 0 Å². The van der Waals surface area contributed by atoms with E-state index in [1.807, 2.05) is 24.3 Å². The van der Waals surface area contributed by atoms with Crippen molar-refractivity contribution in [3.63, 3.8) is 0 Å². The van der Waals surface area contributed by atoms with Gasteiger partial charge in [0.15, 0.2) is 16.6 Å². The molecule has 2 aromatic carbocycles. The zero-order valence-electron chi connectivity index (χ0n) is 16.1. The van der Waals surface area contributed by atoms with E-state index < -0.39 is 6.61 Å². The molecule has 1 amide bonds. The number of amides is 1. The smallest absolute Gasteiger partial charge is 0.387 e. The zero-order valence-corrected chi connectivity index (χ0v) is 16.9. The summed E-state index contributed by atoms with van der Waals surface area (Å²) in [6, 6.07) is 12.1. The summed E-state index contributed by atoms with van der Waals surface area (Å²) in [4.78, 5) is 14.3. The summed E-state index contributed by atoms with van der Waals surface area (Å²) in [5, 5.41) is 3.12. The molecule has 2 aromatic rings. The summed E-state index contributed by atoms with van der Waals surface area (Å²) >= 11 is 5.31. The Morgan fingerprint density at radius 3 is 2.38 bits per heavy atom. The fourth-order valence-electron chi connectivity index (χ4n) is 2.92. The molecule has 1 heterocycles. The van der Waals surface area contributed by atoms with Gasteiger partial charge in [0.2, 0.25) is 0 Å². The molecule has 152 valence electrons. The van der Waals surface area contributed by atoms with Gasteiger partial charge >= 0.3 is 6.61 Å². The quantitative estimate of drug-likeness (QED) is 0.545. The topological polar surface area (TPSA) is 50.8 Å². The van der Waals surface area contributed by atoms with E-state index in [0.29, 0.717) is 17.2 Å². The summed E-state index contributed by atoms with van der Waals surface area (Å²) in [5.74, 6) is 0.0876. The van der Waals surface area contributed by atoms with Crippen molar-refractivity contribution in [3.8, 4) is 11.5 Å². The molecule has 29 heavy (non-hydrogen) atoms. The lowest BCUT2D eigenvalue weighted by Crippen LogP contribution is -2.30. The number of methoxy groups -OCH3 is 1. The summed E-state index contributed by atoms with van der Waals surface area (Å²) in [6.07, 6.45) is 1.52. The number of nitrogens with zero attached hydrogens (tertiary/aromatic N) is 1. The van der Waals surface area contributed by atoms with E-state index in [4.69, 9.17) is 17.0 Å². The Balaban J connectivity index is 1.88. The number of hydrogen-bond donors (Lipinski definition) is 1. The number of thiocarbonyl (C=S) groups is 1. The summed E-state index contributed by atoms with van der Waals surface area (Å²) in [6.45, 7) is 1.18. The summed E-state index contributed by atoms with van der Waals surface area (Å²) in [5.41, 5.74) is 2.52. The van der Waals surface area contributed by atoms with Crippen LogP contribution in [0.1, 0.15) is 30.9 Å². The predicted octanol–water partition coefficient (Wildman–Crippen LogP) is 4.68. The number of hydrogen-bond acceptors (Lipinski definition) is 4. The zero-order chi connectivity index (χ0) is 21.1. The molecule has 1 aliphatic heterocycles. The van der Waals surface area contributed by atoms with Gasteiger partial charge in [0.25, 0.3) is 5.91 Å². The van der Waals surface area contributed by atoms with E-state index in [0.717, 1.165) is 5.56 Å². The molecular weight excluding hydrogens is 398 g/mol. The van der Waals surface area contributed by atoms with Gasteiger partial charge in [-0.25, -0.2) is 0 Å². The molecule has 3 rings (SSSR count). The van der Waals surface area contributed by atoms with Crippen LogP contribution in [0.5, 0.6) is 11.5 Å². The Morgan fingerprint density at radius 1 is 1.10 bits per heavy atom. The van der Waals surface area contributed by atoms with Gasteiger partial charge in [-0.05, 0) is 59.6 Å². The van der Waals surface area contributed by atoms with E-state index in [-0.39, 0.29) is 28.2 Å². The van der Waals surface area contributed by atoms with E-state index in [1.54, 1.807) is 6.07 Å². The lowest BCUT2D eigenvalue weighted by atomic mass is 10.0. The Bertz CT molecular complexity index is 959. The maximum Gasteiger partial charge on any atom is 0.387 e. The van der Waals surface area contributed by atoms with Gasteiger partial charge in [0.1, 0.15) is 5.70 Å². The number of alkyl halides is 2. The Morgan fingerprint density at radius 2 is 1.79 bits per heavy atom. The highest BCUT2D eigenvalue weighted by atomic mass is 32.1. The second-order valence-electron chi connectivity index (χ2n) is 6.66. The molecule has 0 aromatic heterocycles. The van der Waals surface area contributed by atoms with E-state index in [1.165, 1.54) is 30.2 Å². The summed E-state index contributed by atoms with van der Waals surface area (Å²) < 4.78 is 34.7. The number of ether oxygens (including phenoxy) is 2. The number of halogens is 2. The minimum atomic E-state index is -2.99. The monoisotopic (exact) mass is 418 g/mol. The Kier molecular flexibility index (Phi) is 6.12. The molecule has 1 aliphatic rings. The summed E-state index contributed by atoms with van der Waals surface area (Å²) in [7, 11) is 1.36. The first-order valence-corrected chi connectivity index (χ1v) is 9.31. The highest BCUT2D eigenvalue weighted by Gasteiger charge is 2.32. The van der Waals surface area contributed by atoms with E-state index in [2.05, 4.69) is 23.9 Å². The van der Waals surface area contributed by atoms with Crippen LogP contribution < -0.4 is 19.7 Å². The molecular formula is C21H20F2N2O3S. The van der Waals surface area contributed by atoms with E-state index >= 15 is 0 Å². The van der Waals surface area contributed by atoms with Gasteiger partial charge in [-0.15, -0.1) is 0 Å². The van der Waals surface area contributed by atoms with Crippen LogP contribution in [-0.4, -0.2) is 24.7 Å². The molecule has 0 radical (unpaired) electrons. The van der Waals surface area contributed by atoms with Crippen LogP contribution in [0.4, 0.5) is 14.5 Å². The van der Waals surface area contributed by atoms with Crippen LogP contribution in [-0.2, 0) is 4.79 Å². The lowest BCUT2D eigenvalue weighted by Gasteiger charge is -2.15. The van der Waals surface area contributed by atoms with Crippen molar-refractivity contribution in [3.05, 3.63) is 59.3 Å². The Hall–Kier alpha value is -3.00. The van der Waals surface area contributed by atoms with Crippen molar-refractivity contribution in [2.24, 2.45) is 0 Å². The molecule has 0 aliphatic carbocycles. The third-order valence-electron chi connectivity index (χ3n) is 4.41. The molecule has 1 N–H and O–H groups in total. The largest absolute Gasteiger partial charge is 0.493 e. The van der Waals surface area contributed by atoms with Crippen LogP contribution in [0.25, 0.3) is 6.08 Å². The minimum absolute atomic E-state index is 0.119. The third kappa shape index (κ3) is 4.54. The van der Waals surface area contributed by atoms with Crippen molar-refractivity contribution in [2.75, 3.05) is 12.0 Å². The molecule has 8 heteroatoms. The van der Waals surface area contributed by atoms with Gasteiger partial charge < -0.3 is 14.8 Å². The number of benzene rings is 2. The standard InChI is InChI=1S/C21H20F2N2O3S/c1-12(2)14-5-7-15(8-6-14)25-19(26)16(24-21(25)29)10-13-4-9-17(27-3)18(11-13)28-20(22)23/h4-12,20H,1-3H3,(H,24,29)/b16-10-. The maximum absolute atomic E-state index is 12.9. The average Bonchev–Trinajstić information content (AvgIpc) is 2.95. The van der Waals surface area contributed by atoms with Crippen LogP contribution in [0.3, 0.4) is 0 Å². The first-order valence-electron chi connectivity index (χ1n) is 8.90. The number of carbonyl (C=O) groups is 1. The number of nitrogens with one attached hydrogen (secondary N) is 1. The van der Waals surface area contributed by atoms with Gasteiger partial charge in [-0.2, -0.15) is 8.78 Å². The normalized spacial score (nSPS) is 15.4. The predicted molar refractivity (Wildman–Crippen MR) is 111 cm³/mol. The van der Waals surface area contributed by atoms with Crippen molar-refractivity contribution in [1.82, 2.24) is 5.32 Å². The number of rotatable bonds is 6. The molecule has 5 nitrogen and oxygen atoms in total. The molecule has 1 fully saturated rings. The van der Waals surface area contributed by atoms with Crippen molar-refractivity contribution < 1.29 is 23.0 Å². The van der Waals surface area contributed by atoms with Crippen LogP contribution in [0.2, 0.25) is 0 Å². The SMILES string of the molecule is COc1ccc(/C=C2\NC(=S)N(c3ccc(C(C)C)cc3)C2=O)cc1OC(F)F. The number of anilines is 1. The van der Waals surface area contributed by atoms with Crippen molar-refractivity contribution in [1.29, 1.82) is 0 Å². The molecule has 0 atom stereocenters. The van der Waals surface area contributed by atoms with Gasteiger partial charge in [-0.1, -0.05) is 32.0 Å². The molecule has 0 unspecified atom stereocenters. The van der Waals surface area contributed by atoms with Crippen molar-refractivity contribution >= 4 is 35.0 Å². The highest BCUT2D eigenvalue weighted by Crippen LogP contribution is 2.31. The fraction of sp³-hybridized carbons (Fsp3) is 0.238.